The minimum atomic E-state index is 0.643. The highest BCUT2D eigenvalue weighted by atomic mass is 35.5. The van der Waals surface area contributed by atoms with Gasteiger partial charge in [0, 0.05) is 25.4 Å². The number of aromatic nitrogens is 1. The normalized spacial score (nSPS) is 16.8. The number of hydrogen-bond donors (Lipinski definition) is 0. The molecule has 2 rings (SSSR count). The minimum absolute atomic E-state index is 0.643. The third-order valence-corrected chi connectivity index (χ3v) is 3.26. The zero-order valence-electron chi connectivity index (χ0n) is 10.2. The van der Waals surface area contributed by atoms with Crippen molar-refractivity contribution >= 4 is 11.6 Å². The number of rotatable bonds is 7. The first kappa shape index (κ1) is 12.7. The average molecular weight is 255 g/mol. The summed E-state index contributed by atoms with van der Waals surface area (Å²) < 4.78 is 5.57. The Hall–Kier alpha value is -0.800. The maximum absolute atomic E-state index is 5.75. The first-order valence-electron chi connectivity index (χ1n) is 6.21. The van der Waals surface area contributed by atoms with E-state index in [0.717, 1.165) is 13.0 Å². The van der Waals surface area contributed by atoms with Crippen molar-refractivity contribution in [3.63, 3.8) is 0 Å². The molecule has 3 nitrogen and oxygen atoms in total. The Balaban J connectivity index is 1.59. The topological polar surface area (TPSA) is 25.1 Å². The van der Waals surface area contributed by atoms with Gasteiger partial charge in [0.15, 0.2) is 0 Å². The van der Waals surface area contributed by atoms with E-state index in [9.17, 15) is 0 Å². The van der Waals surface area contributed by atoms with Gasteiger partial charge in [0.25, 0.3) is 0 Å². The fourth-order valence-corrected chi connectivity index (χ4v) is 1.77. The van der Waals surface area contributed by atoms with Crippen LogP contribution >= 0.6 is 11.6 Å². The molecule has 1 atom stereocenters. The fourth-order valence-electron chi connectivity index (χ4n) is 1.65. The Kier molecular flexibility index (Phi) is 4.63. The van der Waals surface area contributed by atoms with Crippen LogP contribution in [0.15, 0.2) is 18.3 Å². The quantitative estimate of drug-likeness (QED) is 0.700. The van der Waals surface area contributed by atoms with E-state index in [1.807, 2.05) is 6.07 Å². The second kappa shape index (κ2) is 6.22. The molecule has 1 aliphatic rings. The van der Waals surface area contributed by atoms with Crippen LogP contribution in [0.5, 0.6) is 5.88 Å². The summed E-state index contributed by atoms with van der Waals surface area (Å²) in [4.78, 5) is 6.55. The summed E-state index contributed by atoms with van der Waals surface area (Å²) in [5.41, 5.74) is 0. The first-order valence-corrected chi connectivity index (χ1v) is 6.58. The zero-order valence-corrected chi connectivity index (χ0v) is 11.0. The van der Waals surface area contributed by atoms with E-state index < -0.39 is 0 Å². The van der Waals surface area contributed by atoms with Gasteiger partial charge in [0.1, 0.15) is 0 Å². The van der Waals surface area contributed by atoms with Gasteiger partial charge in [-0.3, -0.25) is 0 Å². The van der Waals surface area contributed by atoms with Gasteiger partial charge in [0.05, 0.1) is 11.6 Å². The van der Waals surface area contributed by atoms with Crippen LogP contribution in [0.4, 0.5) is 0 Å². The predicted molar refractivity (Wildman–Crippen MR) is 69.6 cm³/mol. The van der Waals surface area contributed by atoms with Crippen molar-refractivity contribution in [2.45, 2.75) is 19.8 Å². The highest BCUT2D eigenvalue weighted by Crippen LogP contribution is 2.15. The molecule has 0 aromatic carbocycles. The summed E-state index contributed by atoms with van der Waals surface area (Å²) in [7, 11) is 0. The van der Waals surface area contributed by atoms with Crippen molar-refractivity contribution in [2.75, 3.05) is 26.2 Å². The molecule has 94 valence electrons. The van der Waals surface area contributed by atoms with Gasteiger partial charge in [0.2, 0.25) is 5.88 Å². The van der Waals surface area contributed by atoms with Gasteiger partial charge in [-0.2, -0.15) is 0 Å². The maximum atomic E-state index is 5.75. The molecule has 1 aromatic heterocycles. The lowest BCUT2D eigenvalue weighted by molar-refractivity contribution is 0.266. The van der Waals surface area contributed by atoms with E-state index in [1.54, 1.807) is 12.3 Å². The van der Waals surface area contributed by atoms with Crippen LogP contribution in [0.25, 0.3) is 0 Å². The molecule has 0 N–H and O–H groups in total. The molecule has 1 aliphatic heterocycles. The number of nitrogens with zero attached hydrogens (tertiary/aromatic N) is 2. The Morgan fingerprint density at radius 2 is 2.24 bits per heavy atom. The second-order valence-corrected chi connectivity index (χ2v) is 5.12. The zero-order chi connectivity index (χ0) is 12.1. The summed E-state index contributed by atoms with van der Waals surface area (Å²) in [6, 6.07) is 3.61. The van der Waals surface area contributed by atoms with Crippen LogP contribution in [-0.2, 0) is 0 Å². The molecule has 0 amide bonds. The van der Waals surface area contributed by atoms with Gasteiger partial charge in [-0.1, -0.05) is 18.5 Å². The smallest absolute Gasteiger partial charge is 0.213 e. The standard InChI is InChI=1S/C13H19ClN2O/c1-11(4-6-16-7-8-16)5-9-17-13-3-2-12(14)10-15-13/h2-3,10-11H,4-9H2,1H3/t11-/m0/s1. The van der Waals surface area contributed by atoms with Gasteiger partial charge in [-0.25, -0.2) is 4.98 Å². The average Bonchev–Trinajstić information content (AvgIpc) is 3.13. The van der Waals surface area contributed by atoms with Crippen molar-refractivity contribution < 1.29 is 4.74 Å². The van der Waals surface area contributed by atoms with Gasteiger partial charge < -0.3 is 9.64 Å². The number of hydrogen-bond acceptors (Lipinski definition) is 3. The Morgan fingerprint density at radius 1 is 1.41 bits per heavy atom. The van der Waals surface area contributed by atoms with E-state index in [4.69, 9.17) is 16.3 Å². The lowest BCUT2D eigenvalue weighted by Gasteiger charge is -2.12. The molecule has 2 heterocycles. The van der Waals surface area contributed by atoms with E-state index in [1.165, 1.54) is 26.1 Å². The van der Waals surface area contributed by atoms with Gasteiger partial charge in [-0.15, -0.1) is 0 Å². The summed E-state index contributed by atoms with van der Waals surface area (Å²) >= 11 is 5.75. The first-order chi connectivity index (χ1) is 8.24. The molecule has 0 saturated carbocycles. The second-order valence-electron chi connectivity index (χ2n) is 4.69. The molecule has 0 bridgehead atoms. The van der Waals surface area contributed by atoms with Crippen LogP contribution in [0, 0.1) is 5.92 Å². The van der Waals surface area contributed by atoms with Crippen LogP contribution in [0.3, 0.4) is 0 Å². The van der Waals surface area contributed by atoms with Crippen molar-refractivity contribution in [2.24, 2.45) is 5.92 Å². The van der Waals surface area contributed by atoms with Gasteiger partial charge in [-0.05, 0) is 31.4 Å². The van der Waals surface area contributed by atoms with E-state index >= 15 is 0 Å². The van der Waals surface area contributed by atoms with E-state index in [0.29, 0.717) is 16.8 Å². The van der Waals surface area contributed by atoms with Gasteiger partial charge >= 0.3 is 0 Å². The molecule has 17 heavy (non-hydrogen) atoms. The number of halogens is 1. The molecule has 0 unspecified atom stereocenters. The van der Waals surface area contributed by atoms with E-state index in [2.05, 4.69) is 16.8 Å². The van der Waals surface area contributed by atoms with Crippen LogP contribution in [0.2, 0.25) is 5.02 Å². The largest absolute Gasteiger partial charge is 0.478 e. The van der Waals surface area contributed by atoms with Crippen molar-refractivity contribution in [1.82, 2.24) is 9.88 Å². The summed E-state index contributed by atoms with van der Waals surface area (Å²) in [5.74, 6) is 1.37. The van der Waals surface area contributed by atoms with Crippen LogP contribution in [0.1, 0.15) is 19.8 Å². The van der Waals surface area contributed by atoms with Crippen molar-refractivity contribution in [1.29, 1.82) is 0 Å². The Bertz CT molecular complexity index is 338. The Morgan fingerprint density at radius 3 is 2.88 bits per heavy atom. The summed E-state index contributed by atoms with van der Waals surface area (Å²) in [6.07, 6.45) is 3.95. The summed E-state index contributed by atoms with van der Waals surface area (Å²) in [5, 5.41) is 0.643. The SMILES string of the molecule is C[C@H](CCOc1ccc(Cl)cn1)CCN1CC1. The van der Waals surface area contributed by atoms with Crippen molar-refractivity contribution in [3.8, 4) is 5.88 Å². The van der Waals surface area contributed by atoms with Crippen LogP contribution < -0.4 is 4.74 Å². The molecule has 1 aromatic rings. The van der Waals surface area contributed by atoms with Crippen molar-refractivity contribution in [3.05, 3.63) is 23.4 Å². The predicted octanol–water partition coefficient (Wildman–Crippen LogP) is 2.85. The minimum Gasteiger partial charge on any atom is -0.478 e. The van der Waals surface area contributed by atoms with Crippen LogP contribution in [-0.4, -0.2) is 36.1 Å². The monoisotopic (exact) mass is 254 g/mol. The fraction of sp³-hybridized carbons (Fsp3) is 0.615. The molecular formula is C13H19ClN2O. The molecule has 1 saturated heterocycles. The molecule has 0 spiro atoms. The maximum Gasteiger partial charge on any atom is 0.213 e. The number of ether oxygens (including phenoxy) is 1. The highest BCUT2D eigenvalue weighted by Gasteiger charge is 2.17. The number of pyridine rings is 1. The highest BCUT2D eigenvalue weighted by molar-refractivity contribution is 6.30. The molecule has 0 aliphatic carbocycles. The molecule has 1 fully saturated rings. The third kappa shape index (κ3) is 4.92. The summed E-state index contributed by atoms with van der Waals surface area (Å²) in [6.45, 7) is 6.83. The molecule has 0 radical (unpaired) electrons. The lowest BCUT2D eigenvalue weighted by Crippen LogP contribution is -2.09. The third-order valence-electron chi connectivity index (χ3n) is 3.04. The molecule has 4 heteroatoms. The Labute approximate surface area is 108 Å². The van der Waals surface area contributed by atoms with E-state index in [-0.39, 0.29) is 0 Å². The lowest BCUT2D eigenvalue weighted by atomic mass is 10.1. The molecular weight excluding hydrogens is 236 g/mol.